The molecule has 1 aromatic heterocycles. The normalized spacial score (nSPS) is 12.3. The third-order valence-corrected chi connectivity index (χ3v) is 5.60. The molecule has 162 valence electrons. The van der Waals surface area contributed by atoms with Crippen LogP contribution in [-0.4, -0.2) is 49.2 Å². The third kappa shape index (κ3) is 4.64. The summed E-state index contributed by atoms with van der Waals surface area (Å²) in [5, 5.41) is 3.38. The minimum atomic E-state index is 0.592. The molecular weight excluding hydrogens is 388 g/mol. The molecule has 0 atom stereocenters. The van der Waals surface area contributed by atoms with Crippen LogP contribution >= 0.6 is 0 Å². The van der Waals surface area contributed by atoms with Crippen LogP contribution in [-0.2, 0) is 12.8 Å². The van der Waals surface area contributed by atoms with Crippen LogP contribution in [0.15, 0.2) is 36.5 Å². The van der Waals surface area contributed by atoms with E-state index in [1.165, 1.54) is 11.1 Å². The summed E-state index contributed by atoms with van der Waals surface area (Å²) in [7, 11) is 5.78. The lowest BCUT2D eigenvalue weighted by atomic mass is 9.90. The van der Waals surface area contributed by atoms with Gasteiger partial charge < -0.3 is 19.7 Å². The Hall–Kier alpha value is -3.12. The number of rotatable bonds is 7. The van der Waals surface area contributed by atoms with Gasteiger partial charge in [0, 0.05) is 24.0 Å². The molecule has 1 aliphatic carbocycles. The minimum Gasteiger partial charge on any atom is -0.497 e. The van der Waals surface area contributed by atoms with Gasteiger partial charge in [-0.1, -0.05) is 6.07 Å². The Morgan fingerprint density at radius 2 is 1.77 bits per heavy atom. The molecular formula is C25H30N4O2. The molecule has 2 aromatic carbocycles. The molecule has 31 heavy (non-hydrogen) atoms. The fourth-order valence-corrected chi connectivity index (χ4v) is 3.98. The number of methoxy groups -OCH3 is 1. The first-order chi connectivity index (χ1) is 14.9. The van der Waals surface area contributed by atoms with E-state index in [0.29, 0.717) is 12.6 Å². The fourth-order valence-electron chi connectivity index (χ4n) is 3.98. The highest BCUT2D eigenvalue weighted by Gasteiger charge is 2.19. The van der Waals surface area contributed by atoms with Crippen molar-refractivity contribution in [2.24, 2.45) is 0 Å². The second-order valence-electron chi connectivity index (χ2n) is 8.31. The van der Waals surface area contributed by atoms with E-state index in [-0.39, 0.29) is 0 Å². The van der Waals surface area contributed by atoms with E-state index in [2.05, 4.69) is 53.3 Å². The molecule has 0 radical (unpaired) electrons. The summed E-state index contributed by atoms with van der Waals surface area (Å²) in [5.41, 5.74) is 7.71. The molecule has 4 rings (SSSR count). The number of likely N-dealkylation sites (N-methyl/N-ethyl adjacent to an activating group) is 1. The van der Waals surface area contributed by atoms with E-state index in [0.717, 1.165) is 59.0 Å². The molecule has 0 fully saturated rings. The number of benzene rings is 2. The molecule has 1 aliphatic rings. The molecule has 6 nitrogen and oxygen atoms in total. The van der Waals surface area contributed by atoms with E-state index < -0.39 is 0 Å². The lowest BCUT2D eigenvalue weighted by Crippen LogP contribution is -2.19. The first kappa shape index (κ1) is 21.1. The number of hydrogen-bond donors (Lipinski definition) is 1. The number of nitrogens with zero attached hydrogens (tertiary/aromatic N) is 3. The smallest absolute Gasteiger partial charge is 0.227 e. The van der Waals surface area contributed by atoms with Gasteiger partial charge in [-0.05, 0) is 87.3 Å². The zero-order valence-corrected chi connectivity index (χ0v) is 19.0. The average Bonchev–Trinajstić information content (AvgIpc) is 2.75. The highest BCUT2D eigenvalue weighted by atomic mass is 16.5. The molecule has 0 aliphatic heterocycles. The van der Waals surface area contributed by atoms with Gasteiger partial charge in [-0.3, -0.25) is 0 Å². The Kier molecular flexibility index (Phi) is 6.09. The molecule has 0 saturated heterocycles. The van der Waals surface area contributed by atoms with Crippen LogP contribution in [0.2, 0.25) is 0 Å². The molecule has 3 aromatic rings. The molecule has 6 heteroatoms. The number of aryl methyl sites for hydroxylation is 4. The Labute approximate surface area is 184 Å². The van der Waals surface area contributed by atoms with Crippen LogP contribution < -0.4 is 14.8 Å². The van der Waals surface area contributed by atoms with Crippen LogP contribution in [0.5, 0.6) is 11.5 Å². The van der Waals surface area contributed by atoms with Crippen LogP contribution in [0.3, 0.4) is 0 Å². The molecule has 1 N–H and O–H groups in total. The number of fused-ring (bicyclic) bond motifs is 3. The molecule has 0 saturated carbocycles. The standard InChI is InChI=1S/C25H30N4O2/c1-16-12-20(13-17(2)24(16)31-11-10-29(3)4)27-25-26-15-19-7-6-18-8-9-21(30-5)14-22(18)23(19)28-25/h8-9,12-15H,6-7,10-11H2,1-5H3,(H,26,27,28). The molecule has 0 amide bonds. The quantitative estimate of drug-likeness (QED) is 0.607. The van der Waals surface area contributed by atoms with Gasteiger partial charge in [0.25, 0.3) is 0 Å². The maximum absolute atomic E-state index is 6.01. The topological polar surface area (TPSA) is 59.5 Å². The van der Waals surface area contributed by atoms with Crippen LogP contribution in [0.1, 0.15) is 22.3 Å². The minimum absolute atomic E-state index is 0.592. The highest BCUT2D eigenvalue weighted by molar-refractivity contribution is 5.72. The van der Waals surface area contributed by atoms with Crippen LogP contribution in [0, 0.1) is 13.8 Å². The van der Waals surface area contributed by atoms with Gasteiger partial charge >= 0.3 is 0 Å². The Balaban J connectivity index is 1.58. The zero-order valence-electron chi connectivity index (χ0n) is 19.0. The van der Waals surface area contributed by atoms with Crippen LogP contribution in [0.4, 0.5) is 11.6 Å². The predicted molar refractivity (Wildman–Crippen MR) is 125 cm³/mol. The van der Waals surface area contributed by atoms with Gasteiger partial charge in [0.2, 0.25) is 5.95 Å². The number of hydrogen-bond acceptors (Lipinski definition) is 6. The second-order valence-corrected chi connectivity index (χ2v) is 8.31. The maximum atomic E-state index is 6.01. The van der Waals surface area contributed by atoms with E-state index in [4.69, 9.17) is 14.5 Å². The average molecular weight is 419 g/mol. The van der Waals surface area contributed by atoms with Crippen LogP contribution in [0.25, 0.3) is 11.3 Å². The first-order valence-electron chi connectivity index (χ1n) is 10.6. The van der Waals surface area contributed by atoms with Gasteiger partial charge in [0.1, 0.15) is 18.1 Å². The van der Waals surface area contributed by atoms with Crippen molar-refractivity contribution in [3.8, 4) is 22.8 Å². The van der Waals surface area contributed by atoms with E-state index in [9.17, 15) is 0 Å². The molecule has 0 spiro atoms. The number of ether oxygens (including phenoxy) is 2. The Bertz CT molecular complexity index is 1070. The third-order valence-electron chi connectivity index (χ3n) is 5.60. The fraction of sp³-hybridized carbons (Fsp3) is 0.360. The van der Waals surface area contributed by atoms with Crippen molar-refractivity contribution >= 4 is 11.6 Å². The summed E-state index contributed by atoms with van der Waals surface area (Å²) in [6, 6.07) is 10.4. The Morgan fingerprint density at radius 1 is 1.03 bits per heavy atom. The van der Waals surface area contributed by atoms with Gasteiger partial charge in [0.05, 0.1) is 12.8 Å². The van der Waals surface area contributed by atoms with Crippen molar-refractivity contribution in [1.29, 1.82) is 0 Å². The molecule has 1 heterocycles. The van der Waals surface area contributed by atoms with Crippen molar-refractivity contribution in [1.82, 2.24) is 14.9 Å². The van der Waals surface area contributed by atoms with E-state index in [1.807, 2.05) is 26.4 Å². The Morgan fingerprint density at radius 3 is 2.48 bits per heavy atom. The monoisotopic (exact) mass is 418 g/mol. The first-order valence-corrected chi connectivity index (χ1v) is 10.6. The summed E-state index contributed by atoms with van der Waals surface area (Å²) < 4.78 is 11.4. The summed E-state index contributed by atoms with van der Waals surface area (Å²) in [5.74, 6) is 2.38. The van der Waals surface area contributed by atoms with Gasteiger partial charge in [-0.15, -0.1) is 0 Å². The van der Waals surface area contributed by atoms with Crippen molar-refractivity contribution in [2.45, 2.75) is 26.7 Å². The lowest BCUT2D eigenvalue weighted by Gasteiger charge is -2.20. The number of aromatic nitrogens is 2. The summed E-state index contributed by atoms with van der Waals surface area (Å²) in [6.07, 6.45) is 3.88. The SMILES string of the molecule is COc1ccc2c(c1)-c1nc(Nc3cc(C)c(OCCN(C)C)c(C)c3)ncc1CC2. The maximum Gasteiger partial charge on any atom is 0.227 e. The van der Waals surface area contributed by atoms with Crippen molar-refractivity contribution in [3.63, 3.8) is 0 Å². The number of anilines is 2. The van der Waals surface area contributed by atoms with Gasteiger partial charge in [-0.2, -0.15) is 0 Å². The van der Waals surface area contributed by atoms with Gasteiger partial charge in [-0.25, -0.2) is 9.97 Å². The van der Waals surface area contributed by atoms with Crippen molar-refractivity contribution in [2.75, 3.05) is 39.7 Å². The van der Waals surface area contributed by atoms with Gasteiger partial charge in [0.15, 0.2) is 0 Å². The van der Waals surface area contributed by atoms with E-state index in [1.54, 1.807) is 7.11 Å². The largest absolute Gasteiger partial charge is 0.497 e. The molecule has 0 bridgehead atoms. The summed E-state index contributed by atoms with van der Waals surface area (Å²) in [6.45, 7) is 5.69. The molecule has 0 unspecified atom stereocenters. The van der Waals surface area contributed by atoms with E-state index >= 15 is 0 Å². The van der Waals surface area contributed by atoms with Crippen molar-refractivity contribution < 1.29 is 9.47 Å². The summed E-state index contributed by atoms with van der Waals surface area (Å²) >= 11 is 0. The second kappa shape index (κ2) is 8.94. The highest BCUT2D eigenvalue weighted by Crippen LogP contribution is 2.35. The predicted octanol–water partition coefficient (Wildman–Crippen LogP) is 4.55. The zero-order chi connectivity index (χ0) is 22.0. The lowest BCUT2D eigenvalue weighted by molar-refractivity contribution is 0.259. The number of nitrogens with one attached hydrogen (secondary N) is 1. The van der Waals surface area contributed by atoms with Crippen molar-refractivity contribution in [3.05, 3.63) is 58.8 Å². The summed E-state index contributed by atoms with van der Waals surface area (Å²) in [4.78, 5) is 11.5.